The second-order valence-electron chi connectivity index (χ2n) is 1.51. The number of rotatable bonds is 0. The highest BCUT2D eigenvalue weighted by molar-refractivity contribution is 5.63. The molecular formula is C4H10N2O2. The van der Waals surface area contributed by atoms with Crippen molar-refractivity contribution in [2.24, 2.45) is 5.84 Å². The fourth-order valence-electron chi connectivity index (χ4n) is 0. The van der Waals surface area contributed by atoms with E-state index in [-0.39, 0.29) is 0 Å². The summed E-state index contributed by atoms with van der Waals surface area (Å²) in [6, 6.07) is 0. The normalized spacial score (nSPS) is 13.1. The Morgan fingerprint density at radius 2 is 1.75 bits per heavy atom. The molecule has 1 fully saturated rings. The van der Waals surface area contributed by atoms with Crippen molar-refractivity contribution in [3.8, 4) is 0 Å². The van der Waals surface area contributed by atoms with Gasteiger partial charge < -0.3 is 5.11 Å². The maximum atomic E-state index is 9.13. The van der Waals surface area contributed by atoms with Crippen LogP contribution < -0.4 is 11.3 Å². The van der Waals surface area contributed by atoms with Crippen LogP contribution in [-0.4, -0.2) is 11.2 Å². The van der Waals surface area contributed by atoms with E-state index < -0.39 is 6.09 Å². The quantitative estimate of drug-likeness (QED) is 0.243. The molecule has 0 aliphatic heterocycles. The second-order valence-corrected chi connectivity index (χ2v) is 1.51. The average Bonchev–Trinajstić information content (AvgIpc) is 2.48. The first kappa shape index (κ1) is 7.23. The maximum absolute atomic E-state index is 9.13. The molecule has 1 saturated carbocycles. The fraction of sp³-hybridized carbons (Fsp3) is 0.750. The van der Waals surface area contributed by atoms with E-state index in [2.05, 4.69) is 5.84 Å². The van der Waals surface area contributed by atoms with Gasteiger partial charge in [0.15, 0.2) is 0 Å². The van der Waals surface area contributed by atoms with Gasteiger partial charge >= 0.3 is 6.09 Å². The lowest BCUT2D eigenvalue weighted by atomic mass is 11.0. The molecule has 0 aromatic heterocycles. The number of hydrazine groups is 1. The number of hydrogen-bond donors (Lipinski definition) is 3. The van der Waals surface area contributed by atoms with Crippen LogP contribution in [0.4, 0.5) is 4.79 Å². The molecule has 1 rings (SSSR count). The zero-order valence-electron chi connectivity index (χ0n) is 4.55. The minimum absolute atomic E-state index is 1.22. The number of nitrogens with one attached hydrogen (secondary N) is 1. The summed E-state index contributed by atoms with van der Waals surface area (Å²) in [4.78, 5) is 9.13. The van der Waals surface area contributed by atoms with E-state index in [0.29, 0.717) is 0 Å². The summed E-state index contributed by atoms with van der Waals surface area (Å²) in [7, 11) is 0. The van der Waals surface area contributed by atoms with Crippen LogP contribution in [0.15, 0.2) is 0 Å². The van der Waals surface area contributed by atoms with Gasteiger partial charge in [0.25, 0.3) is 0 Å². The van der Waals surface area contributed by atoms with Crippen molar-refractivity contribution < 1.29 is 9.90 Å². The minimum Gasteiger partial charge on any atom is -0.464 e. The Balaban J connectivity index is 0.000000135. The molecule has 1 amide bonds. The monoisotopic (exact) mass is 118 g/mol. The molecule has 4 N–H and O–H groups in total. The van der Waals surface area contributed by atoms with Gasteiger partial charge in [-0.3, -0.25) is 5.43 Å². The van der Waals surface area contributed by atoms with Crippen LogP contribution in [0.1, 0.15) is 19.3 Å². The molecule has 0 bridgehead atoms. The van der Waals surface area contributed by atoms with Crippen molar-refractivity contribution in [2.45, 2.75) is 19.3 Å². The maximum Gasteiger partial charge on any atom is 0.418 e. The zero-order valence-corrected chi connectivity index (χ0v) is 4.55. The van der Waals surface area contributed by atoms with Crippen LogP contribution in [0.2, 0.25) is 0 Å². The van der Waals surface area contributed by atoms with E-state index >= 15 is 0 Å². The van der Waals surface area contributed by atoms with Crippen LogP contribution in [-0.2, 0) is 0 Å². The van der Waals surface area contributed by atoms with Gasteiger partial charge in [0, 0.05) is 0 Å². The average molecular weight is 118 g/mol. The third-order valence-electron chi connectivity index (χ3n) is 0.477. The summed E-state index contributed by atoms with van der Waals surface area (Å²) in [5.74, 6) is 4.32. The SMILES string of the molecule is C1CC1.NNC(=O)O. The van der Waals surface area contributed by atoms with E-state index in [0.717, 1.165) is 0 Å². The van der Waals surface area contributed by atoms with Gasteiger partial charge in [-0.25, -0.2) is 10.6 Å². The topological polar surface area (TPSA) is 75.3 Å². The first-order chi connectivity index (χ1) is 3.77. The highest BCUT2D eigenvalue weighted by Crippen LogP contribution is 2.14. The van der Waals surface area contributed by atoms with Crippen molar-refractivity contribution in [1.82, 2.24) is 5.43 Å². The molecule has 8 heavy (non-hydrogen) atoms. The van der Waals surface area contributed by atoms with Crippen LogP contribution >= 0.6 is 0 Å². The molecule has 0 saturated heterocycles. The predicted molar refractivity (Wildman–Crippen MR) is 29.2 cm³/mol. The molecular weight excluding hydrogens is 108 g/mol. The van der Waals surface area contributed by atoms with Gasteiger partial charge in [0.1, 0.15) is 0 Å². The Bertz CT molecular complexity index is 69.7. The number of nitrogens with two attached hydrogens (primary N) is 1. The highest BCUT2D eigenvalue weighted by atomic mass is 16.4. The Hall–Kier alpha value is -0.770. The van der Waals surface area contributed by atoms with Crippen LogP contribution in [0.5, 0.6) is 0 Å². The molecule has 0 aromatic rings. The van der Waals surface area contributed by atoms with E-state index in [1.54, 1.807) is 0 Å². The first-order valence-electron chi connectivity index (χ1n) is 2.47. The third kappa shape index (κ3) is 18.8. The van der Waals surface area contributed by atoms with Crippen LogP contribution in [0, 0.1) is 0 Å². The smallest absolute Gasteiger partial charge is 0.418 e. The molecule has 0 radical (unpaired) electrons. The largest absolute Gasteiger partial charge is 0.464 e. The molecule has 1 aliphatic rings. The lowest BCUT2D eigenvalue weighted by Crippen LogP contribution is -2.27. The summed E-state index contributed by atoms with van der Waals surface area (Å²) >= 11 is 0. The number of carboxylic acid groups (broad SMARTS) is 1. The fourth-order valence-corrected chi connectivity index (χ4v) is 0. The molecule has 4 heteroatoms. The minimum atomic E-state index is -1.22. The van der Waals surface area contributed by atoms with Gasteiger partial charge in [0.2, 0.25) is 0 Å². The Morgan fingerprint density at radius 3 is 1.75 bits per heavy atom. The summed E-state index contributed by atoms with van der Waals surface area (Å²) in [5, 5.41) is 7.49. The van der Waals surface area contributed by atoms with Crippen LogP contribution in [0.25, 0.3) is 0 Å². The molecule has 0 spiro atoms. The van der Waals surface area contributed by atoms with Gasteiger partial charge in [-0.15, -0.1) is 0 Å². The number of carbonyl (C=O) groups is 1. The van der Waals surface area contributed by atoms with E-state index in [9.17, 15) is 0 Å². The molecule has 0 aromatic carbocycles. The molecule has 4 nitrogen and oxygen atoms in total. The van der Waals surface area contributed by atoms with Gasteiger partial charge in [-0.2, -0.15) is 0 Å². The number of hydrogen-bond acceptors (Lipinski definition) is 2. The van der Waals surface area contributed by atoms with Gasteiger partial charge in [-0.1, -0.05) is 19.3 Å². The van der Waals surface area contributed by atoms with Crippen molar-refractivity contribution in [3.05, 3.63) is 0 Å². The summed E-state index contributed by atoms with van der Waals surface area (Å²) in [6.07, 6.45) is 3.28. The van der Waals surface area contributed by atoms with E-state index in [1.165, 1.54) is 24.7 Å². The standard InChI is InChI=1S/C3H6.CH4N2O2/c1-2-3-1;2-3-1(4)5/h1-3H2;3H,2H2,(H,4,5). The van der Waals surface area contributed by atoms with Crippen molar-refractivity contribution in [2.75, 3.05) is 0 Å². The summed E-state index contributed by atoms with van der Waals surface area (Å²) in [6.45, 7) is 0. The molecule has 0 heterocycles. The Kier molecular flexibility index (Phi) is 3.97. The molecule has 0 atom stereocenters. The zero-order chi connectivity index (χ0) is 6.41. The number of amides is 1. The summed E-state index contributed by atoms with van der Waals surface area (Å²) < 4.78 is 0. The second kappa shape index (κ2) is 4.39. The molecule has 48 valence electrons. The first-order valence-corrected chi connectivity index (χ1v) is 2.47. The predicted octanol–water partition coefficient (Wildman–Crippen LogP) is 0.298. The third-order valence-corrected chi connectivity index (χ3v) is 0.477. The van der Waals surface area contributed by atoms with Crippen molar-refractivity contribution >= 4 is 6.09 Å². The Labute approximate surface area is 47.6 Å². The summed E-state index contributed by atoms with van der Waals surface area (Å²) in [5.41, 5.74) is 1.44. The highest BCUT2D eigenvalue weighted by Gasteiger charge is 1.95. The lowest BCUT2D eigenvalue weighted by Gasteiger charge is -1.79. The van der Waals surface area contributed by atoms with E-state index in [4.69, 9.17) is 9.90 Å². The van der Waals surface area contributed by atoms with Gasteiger partial charge in [-0.05, 0) is 0 Å². The van der Waals surface area contributed by atoms with Crippen LogP contribution in [0.3, 0.4) is 0 Å². The lowest BCUT2D eigenvalue weighted by molar-refractivity contribution is 0.194. The van der Waals surface area contributed by atoms with Crippen molar-refractivity contribution in [3.63, 3.8) is 0 Å². The molecule has 1 aliphatic carbocycles. The Morgan fingerprint density at radius 1 is 1.50 bits per heavy atom. The van der Waals surface area contributed by atoms with E-state index in [1.807, 2.05) is 0 Å². The van der Waals surface area contributed by atoms with Gasteiger partial charge in [0.05, 0.1) is 0 Å². The van der Waals surface area contributed by atoms with Crippen molar-refractivity contribution in [1.29, 1.82) is 0 Å². The molecule has 0 unspecified atom stereocenters.